The number of amides is 3. The summed E-state index contributed by atoms with van der Waals surface area (Å²) in [6.45, 7) is 3.88. The molecule has 1 aromatic carbocycles. The number of carbonyl (C=O) groups is 2. The number of urea groups is 1. The number of hydrogen-bond donors (Lipinski definition) is 2. The molecule has 0 radical (unpaired) electrons. The number of aromatic nitrogens is 2. The molecule has 2 aromatic rings. The number of methoxy groups -OCH3 is 3. The highest BCUT2D eigenvalue weighted by atomic mass is 16.5. The number of anilines is 3. The van der Waals surface area contributed by atoms with Gasteiger partial charge in [-0.15, -0.1) is 0 Å². The number of hydrogen-bond acceptors (Lipinski definition) is 8. The van der Waals surface area contributed by atoms with Gasteiger partial charge < -0.3 is 24.8 Å². The summed E-state index contributed by atoms with van der Waals surface area (Å²) in [5.74, 6) is 2.46. The van der Waals surface area contributed by atoms with Crippen LogP contribution in [-0.4, -0.2) is 62.4 Å². The Morgan fingerprint density at radius 2 is 1.88 bits per heavy atom. The van der Waals surface area contributed by atoms with E-state index in [0.717, 1.165) is 31.2 Å². The number of benzene rings is 1. The number of nitrogens with one attached hydrogen (secondary N) is 2. The fourth-order valence-corrected chi connectivity index (χ4v) is 5.80. The first-order chi connectivity index (χ1) is 19.9. The molecule has 3 atom stereocenters. The molecule has 0 saturated heterocycles. The highest BCUT2D eigenvalue weighted by molar-refractivity contribution is 6.05. The Bertz CT molecular complexity index is 1380. The second-order valence-corrected chi connectivity index (χ2v) is 10.3. The molecule has 11 nitrogen and oxygen atoms in total. The summed E-state index contributed by atoms with van der Waals surface area (Å²) < 4.78 is 16.4. The molecular formula is C30H36N6O5. The smallest absolute Gasteiger partial charge is 0.330 e. The van der Waals surface area contributed by atoms with Gasteiger partial charge in [-0.25, -0.2) is 9.78 Å². The van der Waals surface area contributed by atoms with E-state index in [-0.39, 0.29) is 30.6 Å². The van der Waals surface area contributed by atoms with E-state index in [1.807, 2.05) is 0 Å². The van der Waals surface area contributed by atoms with Gasteiger partial charge in [-0.05, 0) is 43.3 Å². The van der Waals surface area contributed by atoms with Crippen LogP contribution in [0.3, 0.4) is 0 Å². The van der Waals surface area contributed by atoms with Crippen molar-refractivity contribution in [2.45, 2.75) is 44.3 Å². The lowest BCUT2D eigenvalue weighted by Crippen LogP contribution is -2.50. The van der Waals surface area contributed by atoms with E-state index in [9.17, 15) is 9.59 Å². The van der Waals surface area contributed by atoms with Crippen molar-refractivity contribution in [3.05, 3.63) is 60.3 Å². The normalized spacial score (nSPS) is 21.6. The molecular weight excluding hydrogens is 524 g/mol. The molecule has 2 aliphatic carbocycles. The monoisotopic (exact) mass is 560 g/mol. The van der Waals surface area contributed by atoms with Crippen LogP contribution < -0.4 is 34.6 Å². The van der Waals surface area contributed by atoms with Crippen LogP contribution >= 0.6 is 0 Å². The summed E-state index contributed by atoms with van der Waals surface area (Å²) in [4.78, 5) is 38.2. The summed E-state index contributed by atoms with van der Waals surface area (Å²) in [6, 6.07) is 3.02. The number of ether oxygens (including phenoxy) is 3. The van der Waals surface area contributed by atoms with Gasteiger partial charge in [0, 0.05) is 43.0 Å². The van der Waals surface area contributed by atoms with Gasteiger partial charge in [0.05, 0.1) is 33.6 Å². The van der Waals surface area contributed by atoms with Crippen LogP contribution in [0.4, 0.5) is 22.2 Å². The highest BCUT2D eigenvalue weighted by Gasteiger charge is 2.35. The number of allylic oxidation sites excluding steroid dienone is 4. The Hall–Kier alpha value is -4.54. The maximum Gasteiger partial charge on any atom is 0.330 e. The fourth-order valence-electron chi connectivity index (χ4n) is 5.80. The largest absolute Gasteiger partial charge is 0.493 e. The second kappa shape index (κ2) is 11.9. The van der Waals surface area contributed by atoms with Crippen molar-refractivity contribution in [1.82, 2.24) is 15.3 Å². The third-order valence-electron chi connectivity index (χ3n) is 7.92. The molecule has 11 heteroatoms. The van der Waals surface area contributed by atoms with Crippen LogP contribution in [0, 0.1) is 5.92 Å². The predicted molar refractivity (Wildman–Crippen MR) is 157 cm³/mol. The van der Waals surface area contributed by atoms with Crippen LogP contribution in [0.2, 0.25) is 0 Å². The van der Waals surface area contributed by atoms with Gasteiger partial charge >= 0.3 is 6.03 Å². The molecule has 2 N–H and O–H groups in total. The van der Waals surface area contributed by atoms with E-state index in [2.05, 4.69) is 40.4 Å². The summed E-state index contributed by atoms with van der Waals surface area (Å²) in [5, 5.41) is 6.53. The molecule has 216 valence electrons. The lowest BCUT2D eigenvalue weighted by molar-refractivity contribution is -0.117. The van der Waals surface area contributed by atoms with Gasteiger partial charge in [-0.3, -0.25) is 14.6 Å². The Morgan fingerprint density at radius 3 is 2.51 bits per heavy atom. The Labute approximate surface area is 239 Å². The van der Waals surface area contributed by atoms with E-state index >= 15 is 0 Å². The number of rotatable bonds is 9. The lowest BCUT2D eigenvalue weighted by Gasteiger charge is -2.38. The SMILES string of the molecule is C=CC(=O)N[C@H]1CC(C2=CCC=C2)CC[C@H]1Nc1ncc2c(n1)N(C)C(=O)N(c1cc(OC)c(OC)c(OC)c1)C2. The van der Waals surface area contributed by atoms with Crippen LogP contribution in [0.25, 0.3) is 0 Å². The van der Waals surface area contributed by atoms with Gasteiger partial charge in [0.25, 0.3) is 0 Å². The number of carbonyl (C=O) groups excluding carboxylic acids is 2. The number of fused-ring (bicyclic) bond motifs is 1. The Morgan fingerprint density at radius 1 is 1.12 bits per heavy atom. The topological polar surface area (TPSA) is 118 Å². The molecule has 3 aliphatic rings. The van der Waals surface area contributed by atoms with E-state index < -0.39 is 0 Å². The minimum absolute atomic E-state index is 0.0699. The van der Waals surface area contributed by atoms with Crippen molar-refractivity contribution in [3.8, 4) is 17.2 Å². The molecule has 1 aromatic heterocycles. The maximum absolute atomic E-state index is 13.5. The Kier molecular flexibility index (Phi) is 8.14. The van der Waals surface area contributed by atoms with Crippen LogP contribution in [0.1, 0.15) is 31.2 Å². The first kappa shape index (κ1) is 28.0. The van der Waals surface area contributed by atoms with Crippen molar-refractivity contribution in [1.29, 1.82) is 0 Å². The third-order valence-corrected chi connectivity index (χ3v) is 7.92. The lowest BCUT2D eigenvalue weighted by atomic mass is 9.78. The quantitative estimate of drug-likeness (QED) is 0.438. The maximum atomic E-state index is 13.5. The van der Waals surface area contributed by atoms with Crippen LogP contribution in [-0.2, 0) is 11.3 Å². The minimum Gasteiger partial charge on any atom is -0.493 e. The predicted octanol–water partition coefficient (Wildman–Crippen LogP) is 4.22. The van der Waals surface area contributed by atoms with Crippen molar-refractivity contribution >= 4 is 29.4 Å². The van der Waals surface area contributed by atoms with Crippen molar-refractivity contribution in [2.75, 3.05) is 43.5 Å². The molecule has 5 rings (SSSR count). The van der Waals surface area contributed by atoms with Gasteiger partial charge in [0.2, 0.25) is 17.6 Å². The van der Waals surface area contributed by atoms with Crippen LogP contribution in [0.5, 0.6) is 17.2 Å². The molecule has 1 aliphatic heterocycles. The van der Waals surface area contributed by atoms with Gasteiger partial charge in [-0.1, -0.05) is 24.8 Å². The zero-order valence-corrected chi connectivity index (χ0v) is 23.8. The average molecular weight is 561 g/mol. The van der Waals surface area contributed by atoms with Crippen molar-refractivity contribution in [2.24, 2.45) is 5.92 Å². The molecule has 41 heavy (non-hydrogen) atoms. The second-order valence-electron chi connectivity index (χ2n) is 10.3. The van der Waals surface area contributed by atoms with Gasteiger partial charge in [0.15, 0.2) is 11.5 Å². The highest BCUT2D eigenvalue weighted by Crippen LogP contribution is 2.42. The van der Waals surface area contributed by atoms with Gasteiger partial charge in [0.1, 0.15) is 5.82 Å². The molecule has 0 spiro atoms. The first-order valence-electron chi connectivity index (χ1n) is 13.6. The summed E-state index contributed by atoms with van der Waals surface area (Å²) in [7, 11) is 6.28. The molecule has 1 fully saturated rings. The zero-order valence-electron chi connectivity index (χ0n) is 23.8. The minimum atomic E-state index is -0.258. The third kappa shape index (κ3) is 5.57. The number of nitrogens with zero attached hydrogens (tertiary/aromatic N) is 4. The summed E-state index contributed by atoms with van der Waals surface area (Å²) in [5.41, 5.74) is 2.71. The zero-order chi connectivity index (χ0) is 29.1. The standard InChI is InChI=1S/C30H36N6O5/c1-6-26(37)32-23-13-19(18-9-7-8-10-18)11-12-22(23)33-29-31-16-20-17-36(30(38)35(2)28(20)34-29)21-14-24(39-3)27(41-5)25(15-21)40-4/h6-7,9-10,14-16,19,22-23H,1,8,11-13,17H2,2-5H3,(H,32,37)(H,31,33,34)/t19?,22-,23+/m1/s1. The molecule has 1 saturated carbocycles. The molecule has 1 unspecified atom stereocenters. The molecule has 3 amide bonds. The van der Waals surface area contributed by atoms with Crippen molar-refractivity contribution < 1.29 is 23.8 Å². The summed E-state index contributed by atoms with van der Waals surface area (Å²) in [6.07, 6.45) is 13.2. The first-order valence-corrected chi connectivity index (χ1v) is 13.6. The van der Waals surface area contributed by atoms with E-state index in [1.165, 1.54) is 37.9 Å². The van der Waals surface area contributed by atoms with E-state index in [4.69, 9.17) is 19.2 Å². The Balaban J connectivity index is 1.37. The van der Waals surface area contributed by atoms with Crippen molar-refractivity contribution in [3.63, 3.8) is 0 Å². The van der Waals surface area contributed by atoms with Crippen LogP contribution in [0.15, 0.2) is 54.8 Å². The summed E-state index contributed by atoms with van der Waals surface area (Å²) >= 11 is 0. The van der Waals surface area contributed by atoms with E-state index in [1.54, 1.807) is 30.3 Å². The van der Waals surface area contributed by atoms with Gasteiger partial charge in [-0.2, -0.15) is 4.98 Å². The average Bonchev–Trinajstić information content (AvgIpc) is 3.54. The fraction of sp³-hybridized carbons (Fsp3) is 0.400. The molecule has 0 bridgehead atoms. The van der Waals surface area contributed by atoms with E-state index in [0.29, 0.717) is 40.6 Å². The molecule has 2 heterocycles.